The predicted octanol–water partition coefficient (Wildman–Crippen LogP) is 4.16. The lowest BCUT2D eigenvalue weighted by Gasteiger charge is -2.39. The monoisotopic (exact) mass is 381 g/mol. The minimum atomic E-state index is 0.117. The van der Waals surface area contributed by atoms with Crippen LogP contribution in [0.2, 0.25) is 0 Å². The van der Waals surface area contributed by atoms with Crippen LogP contribution in [0.15, 0.2) is 42.1 Å². The first-order valence-corrected chi connectivity index (χ1v) is 10.8. The molecule has 1 saturated heterocycles. The molecule has 0 unspecified atom stereocenters. The van der Waals surface area contributed by atoms with Gasteiger partial charge >= 0.3 is 0 Å². The Labute approximate surface area is 170 Å². The van der Waals surface area contributed by atoms with Crippen LogP contribution >= 0.6 is 0 Å². The summed E-state index contributed by atoms with van der Waals surface area (Å²) in [6.07, 6.45) is 7.07. The van der Waals surface area contributed by atoms with Gasteiger partial charge in [-0.05, 0) is 83.0 Å². The lowest BCUT2D eigenvalue weighted by atomic mass is 9.89. The molecule has 0 atom stereocenters. The fourth-order valence-corrected chi connectivity index (χ4v) is 4.29. The third-order valence-electron chi connectivity index (χ3n) is 6.06. The molecule has 4 heteroatoms. The molecule has 1 fully saturated rings. The third kappa shape index (κ3) is 4.49. The van der Waals surface area contributed by atoms with Gasteiger partial charge < -0.3 is 15.1 Å². The molecule has 2 heterocycles. The molecular formula is C24H35N3O. The van der Waals surface area contributed by atoms with Gasteiger partial charge in [-0.15, -0.1) is 0 Å². The number of carbonyl (C=O) groups excluding carboxylic acids is 1. The summed E-state index contributed by atoms with van der Waals surface area (Å²) in [6.45, 7) is 13.3. The van der Waals surface area contributed by atoms with Crippen molar-refractivity contribution in [2.24, 2.45) is 5.92 Å². The van der Waals surface area contributed by atoms with E-state index in [0.717, 1.165) is 38.3 Å². The minimum Gasteiger partial charge on any atom is -0.368 e. The number of hydrogen-bond donors (Lipinski definition) is 1. The van der Waals surface area contributed by atoms with Crippen molar-refractivity contribution >= 4 is 11.5 Å². The Kier molecular flexibility index (Phi) is 6.95. The van der Waals surface area contributed by atoms with Crippen LogP contribution in [0.3, 0.4) is 0 Å². The van der Waals surface area contributed by atoms with Gasteiger partial charge in [0.15, 0.2) is 0 Å². The molecule has 0 bridgehead atoms. The Morgan fingerprint density at radius 1 is 1.11 bits per heavy atom. The molecule has 1 N–H and O–H groups in total. The number of piperidine rings is 1. The van der Waals surface area contributed by atoms with Gasteiger partial charge in [-0.2, -0.15) is 0 Å². The molecule has 1 aromatic rings. The molecule has 0 spiro atoms. The van der Waals surface area contributed by atoms with Gasteiger partial charge in [-0.3, -0.25) is 4.79 Å². The number of benzene rings is 1. The van der Waals surface area contributed by atoms with Crippen molar-refractivity contribution in [1.82, 2.24) is 15.1 Å². The lowest BCUT2D eigenvalue weighted by Crippen LogP contribution is -2.39. The third-order valence-corrected chi connectivity index (χ3v) is 6.06. The van der Waals surface area contributed by atoms with Crippen LogP contribution in [-0.4, -0.2) is 54.5 Å². The maximum Gasteiger partial charge on any atom is 0.253 e. The van der Waals surface area contributed by atoms with Crippen molar-refractivity contribution in [3.63, 3.8) is 0 Å². The molecule has 0 saturated carbocycles. The molecule has 1 aromatic carbocycles. The van der Waals surface area contributed by atoms with Crippen molar-refractivity contribution in [3.8, 4) is 0 Å². The van der Waals surface area contributed by atoms with Gasteiger partial charge in [0.2, 0.25) is 0 Å². The SMILES string of the molecule is CCN(CC)C(=O)c1ccc(C2=CC=C(C3CCNCC3)N(C(C)C)C2)cc1. The second-order valence-corrected chi connectivity index (χ2v) is 8.08. The molecule has 3 rings (SSSR count). The van der Waals surface area contributed by atoms with Crippen molar-refractivity contribution in [1.29, 1.82) is 0 Å². The number of nitrogens with one attached hydrogen (secondary N) is 1. The van der Waals surface area contributed by atoms with E-state index in [2.05, 4.69) is 48.3 Å². The van der Waals surface area contributed by atoms with E-state index in [9.17, 15) is 4.79 Å². The molecule has 1 amide bonds. The molecule has 2 aliphatic heterocycles. The van der Waals surface area contributed by atoms with Crippen LogP contribution in [0.1, 0.15) is 56.5 Å². The molecule has 0 aromatic heterocycles. The van der Waals surface area contributed by atoms with Crippen LogP contribution in [0.25, 0.3) is 5.57 Å². The van der Waals surface area contributed by atoms with E-state index in [1.165, 1.54) is 29.7 Å². The standard InChI is InChI=1S/C24H35N3O/c1-5-26(6-2)24(28)21-9-7-19(8-10-21)22-11-12-23(27(17-22)18(3)4)20-13-15-25-16-14-20/h7-12,18,20,25H,5-6,13-17H2,1-4H3. The summed E-state index contributed by atoms with van der Waals surface area (Å²) in [5, 5.41) is 3.47. The first-order chi connectivity index (χ1) is 13.5. The van der Waals surface area contributed by atoms with Crippen LogP contribution in [0.5, 0.6) is 0 Å². The van der Waals surface area contributed by atoms with E-state index in [0.29, 0.717) is 12.0 Å². The van der Waals surface area contributed by atoms with E-state index in [1.807, 2.05) is 30.9 Å². The Bertz CT molecular complexity index is 723. The maximum absolute atomic E-state index is 12.5. The summed E-state index contributed by atoms with van der Waals surface area (Å²) in [5.74, 6) is 0.779. The van der Waals surface area contributed by atoms with E-state index in [4.69, 9.17) is 0 Å². The van der Waals surface area contributed by atoms with Crippen molar-refractivity contribution in [2.75, 3.05) is 32.7 Å². The van der Waals surface area contributed by atoms with Gasteiger partial charge in [0, 0.05) is 42.9 Å². The molecule has 0 aliphatic carbocycles. The zero-order valence-corrected chi connectivity index (χ0v) is 17.9. The lowest BCUT2D eigenvalue weighted by molar-refractivity contribution is 0.0773. The highest BCUT2D eigenvalue weighted by Crippen LogP contribution is 2.32. The Morgan fingerprint density at radius 2 is 1.75 bits per heavy atom. The smallest absolute Gasteiger partial charge is 0.253 e. The number of hydrogen-bond acceptors (Lipinski definition) is 3. The number of rotatable bonds is 6. The fourth-order valence-electron chi connectivity index (χ4n) is 4.29. The van der Waals surface area contributed by atoms with Crippen LogP contribution in [0.4, 0.5) is 0 Å². The van der Waals surface area contributed by atoms with Gasteiger partial charge in [0.05, 0.1) is 0 Å². The van der Waals surface area contributed by atoms with E-state index < -0.39 is 0 Å². The summed E-state index contributed by atoms with van der Waals surface area (Å²) >= 11 is 0. The Morgan fingerprint density at radius 3 is 2.32 bits per heavy atom. The van der Waals surface area contributed by atoms with Crippen molar-refractivity contribution in [2.45, 2.75) is 46.6 Å². The first-order valence-electron chi connectivity index (χ1n) is 10.8. The molecule has 2 aliphatic rings. The van der Waals surface area contributed by atoms with E-state index >= 15 is 0 Å². The number of nitrogens with zero attached hydrogens (tertiary/aromatic N) is 2. The summed E-state index contributed by atoms with van der Waals surface area (Å²) < 4.78 is 0. The zero-order valence-electron chi connectivity index (χ0n) is 17.9. The average molecular weight is 382 g/mol. The average Bonchev–Trinajstić information content (AvgIpc) is 2.75. The Balaban J connectivity index is 1.80. The second-order valence-electron chi connectivity index (χ2n) is 8.08. The first kappa shape index (κ1) is 20.7. The zero-order chi connectivity index (χ0) is 20.1. The highest BCUT2D eigenvalue weighted by molar-refractivity contribution is 5.94. The van der Waals surface area contributed by atoms with Crippen molar-refractivity contribution < 1.29 is 4.79 Å². The minimum absolute atomic E-state index is 0.117. The highest BCUT2D eigenvalue weighted by atomic mass is 16.2. The second kappa shape index (κ2) is 9.42. The maximum atomic E-state index is 12.5. The predicted molar refractivity (Wildman–Crippen MR) is 117 cm³/mol. The normalized spacial score (nSPS) is 18.1. The summed E-state index contributed by atoms with van der Waals surface area (Å²) in [5.41, 5.74) is 4.81. The molecule has 152 valence electrons. The molecular weight excluding hydrogens is 346 g/mol. The summed E-state index contributed by atoms with van der Waals surface area (Å²) in [6, 6.07) is 8.63. The van der Waals surface area contributed by atoms with Crippen LogP contribution < -0.4 is 5.32 Å². The largest absolute Gasteiger partial charge is 0.368 e. The number of carbonyl (C=O) groups is 1. The van der Waals surface area contributed by atoms with Crippen LogP contribution in [-0.2, 0) is 0 Å². The van der Waals surface area contributed by atoms with Crippen molar-refractivity contribution in [3.05, 3.63) is 53.2 Å². The van der Waals surface area contributed by atoms with Crippen LogP contribution in [0, 0.1) is 5.92 Å². The van der Waals surface area contributed by atoms with Gasteiger partial charge in [0.25, 0.3) is 5.91 Å². The van der Waals surface area contributed by atoms with E-state index in [1.54, 1.807) is 0 Å². The summed E-state index contributed by atoms with van der Waals surface area (Å²) in [7, 11) is 0. The highest BCUT2D eigenvalue weighted by Gasteiger charge is 2.26. The quantitative estimate of drug-likeness (QED) is 0.804. The van der Waals surface area contributed by atoms with E-state index in [-0.39, 0.29) is 5.91 Å². The summed E-state index contributed by atoms with van der Waals surface area (Å²) in [4.78, 5) is 17.0. The fraction of sp³-hybridized carbons (Fsp3) is 0.542. The topological polar surface area (TPSA) is 35.6 Å². The number of amides is 1. The Hall–Kier alpha value is -2.07. The van der Waals surface area contributed by atoms with Gasteiger partial charge in [-0.25, -0.2) is 0 Å². The van der Waals surface area contributed by atoms with Gasteiger partial charge in [0.1, 0.15) is 0 Å². The molecule has 4 nitrogen and oxygen atoms in total. The van der Waals surface area contributed by atoms with Gasteiger partial charge in [-0.1, -0.05) is 18.2 Å². The number of allylic oxidation sites excluding steroid dienone is 3. The molecule has 28 heavy (non-hydrogen) atoms. The molecule has 0 radical (unpaired) electrons.